The summed E-state index contributed by atoms with van der Waals surface area (Å²) in [4.78, 5) is 11.4. The quantitative estimate of drug-likeness (QED) is 0.201. The van der Waals surface area contributed by atoms with Crippen molar-refractivity contribution in [2.75, 3.05) is 0 Å². The lowest BCUT2D eigenvalue weighted by molar-refractivity contribution is -0.143. The maximum Gasteiger partial charge on any atom is 0.314 e. The predicted octanol–water partition coefficient (Wildman–Crippen LogP) is 3.73. The van der Waals surface area contributed by atoms with Crippen LogP contribution in [0.1, 0.15) is 45.4 Å². The number of nitrogens with zero attached hydrogens (tertiary/aromatic N) is 1. The van der Waals surface area contributed by atoms with Crippen molar-refractivity contribution >= 4 is 5.97 Å². The van der Waals surface area contributed by atoms with Crippen molar-refractivity contribution in [2.24, 2.45) is 5.92 Å². The highest BCUT2D eigenvalue weighted by molar-refractivity contribution is 5.73. The molecular weight excluding hydrogens is 214 g/mol. The van der Waals surface area contributed by atoms with Crippen LogP contribution in [0.2, 0.25) is 0 Å². The molecular formula is C14H21NO2. The second-order valence-corrected chi connectivity index (χ2v) is 4.14. The molecule has 0 aliphatic carbocycles. The lowest BCUT2D eigenvalue weighted by atomic mass is 10.0. The minimum absolute atomic E-state index is 0.132. The molecule has 17 heavy (non-hydrogen) atoms. The van der Waals surface area contributed by atoms with Crippen molar-refractivity contribution in [1.82, 2.24) is 0 Å². The molecule has 0 spiro atoms. The van der Waals surface area contributed by atoms with Crippen molar-refractivity contribution in [3.05, 3.63) is 25.0 Å². The van der Waals surface area contributed by atoms with E-state index in [1.54, 1.807) is 6.07 Å². The molecule has 0 amide bonds. The Balaban J connectivity index is 3.61. The Kier molecular flexibility index (Phi) is 8.77. The molecule has 0 aromatic rings. The molecule has 0 aliphatic rings. The molecule has 0 N–H and O–H groups in total. The van der Waals surface area contributed by atoms with E-state index in [-0.39, 0.29) is 17.6 Å². The monoisotopic (exact) mass is 235 g/mol. The number of unbranched alkanes of at least 4 members (excludes halogenated alkanes) is 4. The number of hydrogen-bond donors (Lipinski definition) is 0. The molecule has 1 atom stereocenters. The van der Waals surface area contributed by atoms with Crippen LogP contribution in [-0.2, 0) is 9.53 Å². The first-order valence-corrected chi connectivity index (χ1v) is 6.03. The smallest absolute Gasteiger partial charge is 0.314 e. The second-order valence-electron chi connectivity index (χ2n) is 4.14. The Labute approximate surface area is 104 Å². The summed E-state index contributed by atoms with van der Waals surface area (Å²) in [6.45, 7) is 8.80. The first kappa shape index (κ1) is 15.4. The highest BCUT2D eigenvalue weighted by atomic mass is 16.5. The van der Waals surface area contributed by atoms with Gasteiger partial charge >= 0.3 is 5.97 Å². The van der Waals surface area contributed by atoms with Gasteiger partial charge in [-0.1, -0.05) is 32.3 Å². The zero-order valence-electron chi connectivity index (χ0n) is 10.6. The van der Waals surface area contributed by atoms with Crippen molar-refractivity contribution in [3.8, 4) is 6.07 Å². The standard InChI is InChI=1S/C14H21NO2/c1-4-5-6-7-8-9-10-12(2)14(16)17-13(3)11-15/h4,12H,1,3,5-10H2,2H3. The summed E-state index contributed by atoms with van der Waals surface area (Å²) in [5.41, 5.74) is 0. The van der Waals surface area contributed by atoms with E-state index >= 15 is 0 Å². The van der Waals surface area contributed by atoms with Crippen LogP contribution in [-0.4, -0.2) is 5.97 Å². The number of nitriles is 1. The molecule has 0 aliphatic heterocycles. The molecule has 0 aromatic carbocycles. The zero-order chi connectivity index (χ0) is 13.1. The van der Waals surface area contributed by atoms with Crippen molar-refractivity contribution in [2.45, 2.75) is 45.4 Å². The van der Waals surface area contributed by atoms with Crippen LogP contribution >= 0.6 is 0 Å². The number of carbonyl (C=O) groups is 1. The van der Waals surface area contributed by atoms with Gasteiger partial charge in [0.15, 0.2) is 5.76 Å². The van der Waals surface area contributed by atoms with Gasteiger partial charge in [-0.15, -0.1) is 6.58 Å². The average Bonchev–Trinajstić information content (AvgIpc) is 2.32. The molecule has 0 saturated heterocycles. The minimum atomic E-state index is -0.359. The van der Waals surface area contributed by atoms with Crippen LogP contribution in [0, 0.1) is 17.2 Å². The van der Waals surface area contributed by atoms with Gasteiger partial charge in [-0.2, -0.15) is 5.26 Å². The maximum atomic E-state index is 11.4. The topological polar surface area (TPSA) is 50.1 Å². The predicted molar refractivity (Wildman–Crippen MR) is 67.9 cm³/mol. The first-order chi connectivity index (χ1) is 8.11. The van der Waals surface area contributed by atoms with E-state index in [9.17, 15) is 4.79 Å². The molecule has 0 bridgehead atoms. The summed E-state index contributed by atoms with van der Waals surface area (Å²) in [7, 11) is 0. The van der Waals surface area contributed by atoms with Crippen LogP contribution in [0.15, 0.2) is 25.0 Å². The van der Waals surface area contributed by atoms with Crippen molar-refractivity contribution < 1.29 is 9.53 Å². The number of carbonyl (C=O) groups excluding carboxylic acids is 1. The Morgan fingerprint density at radius 1 is 1.41 bits per heavy atom. The summed E-state index contributed by atoms with van der Waals surface area (Å²) < 4.78 is 4.75. The van der Waals surface area contributed by atoms with Gasteiger partial charge < -0.3 is 4.74 Å². The first-order valence-electron chi connectivity index (χ1n) is 6.03. The Hall–Kier alpha value is -1.56. The molecule has 94 valence electrons. The van der Waals surface area contributed by atoms with Gasteiger partial charge in [0.1, 0.15) is 6.07 Å². The number of ether oxygens (including phenoxy) is 1. The summed E-state index contributed by atoms with van der Waals surface area (Å²) in [5.74, 6) is -0.657. The molecule has 3 heteroatoms. The highest BCUT2D eigenvalue weighted by Gasteiger charge is 2.15. The van der Waals surface area contributed by atoms with E-state index < -0.39 is 0 Å². The molecule has 0 rings (SSSR count). The zero-order valence-corrected chi connectivity index (χ0v) is 10.6. The number of hydrogen-bond acceptors (Lipinski definition) is 3. The lowest BCUT2D eigenvalue weighted by Crippen LogP contribution is -2.13. The van der Waals surface area contributed by atoms with Gasteiger partial charge in [-0.25, -0.2) is 0 Å². The van der Waals surface area contributed by atoms with Crippen LogP contribution in [0.4, 0.5) is 0 Å². The third-order valence-corrected chi connectivity index (χ3v) is 2.55. The fourth-order valence-corrected chi connectivity index (χ4v) is 1.46. The van der Waals surface area contributed by atoms with Crippen LogP contribution < -0.4 is 0 Å². The molecule has 3 nitrogen and oxygen atoms in total. The third-order valence-electron chi connectivity index (χ3n) is 2.55. The van der Waals surface area contributed by atoms with E-state index in [4.69, 9.17) is 10.00 Å². The summed E-state index contributed by atoms with van der Waals surface area (Å²) in [6.07, 6.45) is 8.22. The van der Waals surface area contributed by atoms with Crippen molar-refractivity contribution in [1.29, 1.82) is 5.26 Å². The van der Waals surface area contributed by atoms with E-state index in [1.165, 1.54) is 6.42 Å². The van der Waals surface area contributed by atoms with Crippen molar-refractivity contribution in [3.63, 3.8) is 0 Å². The minimum Gasteiger partial charge on any atom is -0.415 e. The fraction of sp³-hybridized carbons (Fsp3) is 0.571. The number of esters is 1. The lowest BCUT2D eigenvalue weighted by Gasteiger charge is -2.09. The Bertz CT molecular complexity index is 302. The van der Waals surface area contributed by atoms with Crippen LogP contribution in [0.25, 0.3) is 0 Å². The summed E-state index contributed by atoms with van der Waals surface area (Å²) >= 11 is 0. The van der Waals surface area contributed by atoms with Crippen LogP contribution in [0.3, 0.4) is 0 Å². The van der Waals surface area contributed by atoms with Gasteiger partial charge in [0.2, 0.25) is 0 Å². The Morgan fingerprint density at radius 2 is 2.06 bits per heavy atom. The van der Waals surface area contributed by atoms with E-state index in [1.807, 2.05) is 13.0 Å². The Morgan fingerprint density at radius 3 is 2.65 bits per heavy atom. The molecule has 0 radical (unpaired) electrons. The second kappa shape index (κ2) is 9.65. The van der Waals surface area contributed by atoms with Gasteiger partial charge in [0.05, 0.1) is 5.92 Å². The van der Waals surface area contributed by atoms with Crippen LogP contribution in [0.5, 0.6) is 0 Å². The summed E-state index contributed by atoms with van der Waals surface area (Å²) in [6, 6.07) is 1.69. The van der Waals surface area contributed by atoms with E-state index in [0.29, 0.717) is 0 Å². The molecule has 0 fully saturated rings. The number of allylic oxidation sites excluding steroid dienone is 2. The average molecular weight is 235 g/mol. The molecule has 0 saturated carbocycles. The normalized spacial score (nSPS) is 11.3. The van der Waals surface area contributed by atoms with Gasteiger partial charge in [0, 0.05) is 0 Å². The van der Waals surface area contributed by atoms with Gasteiger partial charge in [-0.05, 0) is 25.8 Å². The number of rotatable bonds is 9. The van der Waals surface area contributed by atoms with Gasteiger partial charge in [0.25, 0.3) is 0 Å². The highest BCUT2D eigenvalue weighted by Crippen LogP contribution is 2.13. The summed E-state index contributed by atoms with van der Waals surface area (Å²) in [5, 5.41) is 8.43. The fourth-order valence-electron chi connectivity index (χ4n) is 1.46. The molecule has 1 unspecified atom stereocenters. The van der Waals surface area contributed by atoms with E-state index in [0.717, 1.165) is 32.1 Å². The van der Waals surface area contributed by atoms with E-state index in [2.05, 4.69) is 13.2 Å². The largest absolute Gasteiger partial charge is 0.415 e. The molecule has 0 aromatic heterocycles. The SMILES string of the molecule is C=CCCCCCCC(C)C(=O)OC(=C)C#N. The van der Waals surface area contributed by atoms with Gasteiger partial charge in [-0.3, -0.25) is 4.79 Å². The third kappa shape index (κ3) is 8.27. The maximum absolute atomic E-state index is 11.4. The molecule has 0 heterocycles.